The number of hydrogen-bond acceptors (Lipinski definition) is 3. The molecule has 0 aliphatic carbocycles. The smallest absolute Gasteiger partial charge is 0.131 e. The molecule has 0 saturated carbocycles. The molecule has 100 valence electrons. The van der Waals surface area contributed by atoms with Gasteiger partial charge in [0.2, 0.25) is 0 Å². The second-order valence-corrected chi connectivity index (χ2v) is 5.25. The molecular weight excluding hydrogens is 226 g/mol. The monoisotopic (exact) mass is 249 g/mol. The standard InChI is InChI=1S/C14H23N3O/c1-13(18)11-14-5-2-3-8-17(14)9-4-7-16-10-6-15-12-16/h6,10,12,14H,2-5,7-9,11H2,1H3. The molecule has 2 heterocycles. The number of aryl methyl sites for hydroxylation is 1. The van der Waals surface area contributed by atoms with Gasteiger partial charge < -0.3 is 4.57 Å². The Bertz CT molecular complexity index is 361. The Morgan fingerprint density at radius 1 is 1.39 bits per heavy atom. The van der Waals surface area contributed by atoms with Crippen molar-refractivity contribution in [2.45, 2.75) is 51.6 Å². The summed E-state index contributed by atoms with van der Waals surface area (Å²) in [4.78, 5) is 17.8. The van der Waals surface area contributed by atoms with Gasteiger partial charge in [-0.2, -0.15) is 0 Å². The molecule has 1 fully saturated rings. The summed E-state index contributed by atoms with van der Waals surface area (Å²) < 4.78 is 2.12. The van der Waals surface area contributed by atoms with Crippen LogP contribution in [0.15, 0.2) is 18.7 Å². The molecule has 1 aromatic heterocycles. The van der Waals surface area contributed by atoms with Crippen LogP contribution in [0.3, 0.4) is 0 Å². The lowest BCUT2D eigenvalue weighted by Gasteiger charge is -2.35. The van der Waals surface area contributed by atoms with Gasteiger partial charge in [0, 0.05) is 37.9 Å². The average Bonchev–Trinajstić information content (AvgIpc) is 2.84. The number of Topliss-reactive ketones (excluding diaryl/α,β-unsaturated/α-hetero) is 1. The minimum Gasteiger partial charge on any atom is -0.337 e. The highest BCUT2D eigenvalue weighted by Crippen LogP contribution is 2.20. The van der Waals surface area contributed by atoms with Gasteiger partial charge in [-0.15, -0.1) is 0 Å². The van der Waals surface area contributed by atoms with Crippen LogP contribution in [-0.4, -0.2) is 39.4 Å². The molecule has 0 radical (unpaired) electrons. The first-order valence-electron chi connectivity index (χ1n) is 6.95. The van der Waals surface area contributed by atoms with Crippen LogP contribution in [0.5, 0.6) is 0 Å². The van der Waals surface area contributed by atoms with Gasteiger partial charge in [0.15, 0.2) is 0 Å². The highest BCUT2D eigenvalue weighted by Gasteiger charge is 2.22. The first kappa shape index (κ1) is 13.3. The Morgan fingerprint density at radius 3 is 3.00 bits per heavy atom. The molecular formula is C14H23N3O. The fraction of sp³-hybridized carbons (Fsp3) is 0.714. The van der Waals surface area contributed by atoms with Crippen molar-refractivity contribution in [3.63, 3.8) is 0 Å². The number of likely N-dealkylation sites (tertiary alicyclic amines) is 1. The third-order valence-corrected chi connectivity index (χ3v) is 3.69. The minimum absolute atomic E-state index is 0.321. The highest BCUT2D eigenvalue weighted by molar-refractivity contribution is 5.76. The number of rotatable bonds is 6. The van der Waals surface area contributed by atoms with Crippen LogP contribution in [0.4, 0.5) is 0 Å². The molecule has 1 aliphatic rings. The topological polar surface area (TPSA) is 38.1 Å². The van der Waals surface area contributed by atoms with Crippen molar-refractivity contribution < 1.29 is 4.79 Å². The molecule has 18 heavy (non-hydrogen) atoms. The van der Waals surface area contributed by atoms with Crippen molar-refractivity contribution in [3.05, 3.63) is 18.7 Å². The predicted molar refractivity (Wildman–Crippen MR) is 71.4 cm³/mol. The van der Waals surface area contributed by atoms with Crippen molar-refractivity contribution in [1.29, 1.82) is 0 Å². The summed E-state index contributed by atoms with van der Waals surface area (Å²) in [6.45, 7) is 4.97. The second kappa shape index (κ2) is 6.69. The van der Waals surface area contributed by atoms with E-state index in [2.05, 4.69) is 14.5 Å². The quantitative estimate of drug-likeness (QED) is 0.775. The first-order valence-corrected chi connectivity index (χ1v) is 6.95. The van der Waals surface area contributed by atoms with E-state index >= 15 is 0 Å². The number of piperidine rings is 1. The third-order valence-electron chi connectivity index (χ3n) is 3.69. The van der Waals surface area contributed by atoms with Crippen LogP contribution in [0.2, 0.25) is 0 Å². The van der Waals surface area contributed by atoms with Crippen molar-refractivity contribution in [3.8, 4) is 0 Å². The number of aromatic nitrogens is 2. The van der Waals surface area contributed by atoms with Gasteiger partial charge in [-0.1, -0.05) is 6.42 Å². The summed E-state index contributed by atoms with van der Waals surface area (Å²) in [5.74, 6) is 0.321. The number of hydrogen-bond donors (Lipinski definition) is 0. The molecule has 0 spiro atoms. The van der Waals surface area contributed by atoms with Crippen molar-refractivity contribution in [1.82, 2.24) is 14.5 Å². The molecule has 0 aromatic carbocycles. The molecule has 0 N–H and O–H groups in total. The lowest BCUT2D eigenvalue weighted by molar-refractivity contribution is -0.118. The van der Waals surface area contributed by atoms with E-state index in [0.29, 0.717) is 11.8 Å². The van der Waals surface area contributed by atoms with Crippen molar-refractivity contribution >= 4 is 5.78 Å². The lowest BCUT2D eigenvalue weighted by atomic mass is 9.97. The van der Waals surface area contributed by atoms with E-state index in [-0.39, 0.29) is 0 Å². The summed E-state index contributed by atoms with van der Waals surface area (Å²) in [6, 6.07) is 0.485. The first-order chi connectivity index (χ1) is 8.75. The minimum atomic E-state index is 0.321. The predicted octanol–water partition coefficient (Wildman–Crippen LogP) is 2.11. The Balaban J connectivity index is 1.76. The highest BCUT2D eigenvalue weighted by atomic mass is 16.1. The molecule has 1 aromatic rings. The maximum Gasteiger partial charge on any atom is 0.131 e. The maximum absolute atomic E-state index is 11.3. The van der Waals surface area contributed by atoms with E-state index < -0.39 is 0 Å². The van der Waals surface area contributed by atoms with Gasteiger partial charge in [0.25, 0.3) is 0 Å². The van der Waals surface area contributed by atoms with Gasteiger partial charge in [-0.25, -0.2) is 4.98 Å². The molecule has 4 nitrogen and oxygen atoms in total. The van der Waals surface area contributed by atoms with Crippen LogP contribution in [0.25, 0.3) is 0 Å². The van der Waals surface area contributed by atoms with Crippen molar-refractivity contribution in [2.75, 3.05) is 13.1 Å². The Hall–Kier alpha value is -1.16. The molecule has 4 heteroatoms. The fourth-order valence-electron chi connectivity index (χ4n) is 2.79. The van der Waals surface area contributed by atoms with E-state index in [0.717, 1.165) is 32.5 Å². The van der Waals surface area contributed by atoms with Gasteiger partial charge in [-0.05, 0) is 32.7 Å². The fourth-order valence-corrected chi connectivity index (χ4v) is 2.79. The van der Waals surface area contributed by atoms with Gasteiger partial charge in [-0.3, -0.25) is 9.69 Å². The van der Waals surface area contributed by atoms with E-state index in [1.165, 1.54) is 19.3 Å². The van der Waals surface area contributed by atoms with E-state index in [9.17, 15) is 4.79 Å². The summed E-state index contributed by atoms with van der Waals surface area (Å²) in [6.07, 6.45) is 11.3. The van der Waals surface area contributed by atoms with Gasteiger partial charge in [0.05, 0.1) is 6.33 Å². The molecule has 1 atom stereocenters. The Kier molecular flexibility index (Phi) is 4.93. The zero-order valence-corrected chi connectivity index (χ0v) is 11.2. The van der Waals surface area contributed by atoms with Crippen LogP contribution in [0.1, 0.15) is 39.0 Å². The number of imidazole rings is 1. The maximum atomic E-state index is 11.3. The zero-order valence-electron chi connectivity index (χ0n) is 11.2. The number of carbonyl (C=O) groups is 1. The number of nitrogens with zero attached hydrogens (tertiary/aromatic N) is 3. The lowest BCUT2D eigenvalue weighted by Crippen LogP contribution is -2.41. The van der Waals surface area contributed by atoms with Crippen LogP contribution in [0, 0.1) is 0 Å². The number of carbonyl (C=O) groups excluding carboxylic acids is 1. The van der Waals surface area contributed by atoms with E-state index in [1.807, 2.05) is 18.7 Å². The van der Waals surface area contributed by atoms with E-state index in [1.54, 1.807) is 6.92 Å². The SMILES string of the molecule is CC(=O)CC1CCCCN1CCCn1ccnc1. The second-order valence-electron chi connectivity index (χ2n) is 5.25. The summed E-state index contributed by atoms with van der Waals surface area (Å²) in [5, 5.41) is 0. The summed E-state index contributed by atoms with van der Waals surface area (Å²) >= 11 is 0. The Labute approximate surface area is 109 Å². The normalized spacial score (nSPS) is 21.1. The van der Waals surface area contributed by atoms with Crippen molar-refractivity contribution in [2.24, 2.45) is 0 Å². The largest absolute Gasteiger partial charge is 0.337 e. The van der Waals surface area contributed by atoms with Crippen LogP contribution in [-0.2, 0) is 11.3 Å². The molecule has 0 bridgehead atoms. The Morgan fingerprint density at radius 2 is 2.28 bits per heavy atom. The molecule has 0 amide bonds. The van der Waals surface area contributed by atoms with Crippen LogP contribution >= 0.6 is 0 Å². The molecule has 1 unspecified atom stereocenters. The third kappa shape index (κ3) is 3.95. The zero-order chi connectivity index (χ0) is 12.8. The summed E-state index contributed by atoms with van der Waals surface area (Å²) in [5.41, 5.74) is 0. The molecule has 1 saturated heterocycles. The average molecular weight is 249 g/mol. The number of ketones is 1. The molecule has 2 rings (SSSR count). The van der Waals surface area contributed by atoms with Gasteiger partial charge in [0.1, 0.15) is 5.78 Å². The van der Waals surface area contributed by atoms with Gasteiger partial charge >= 0.3 is 0 Å². The van der Waals surface area contributed by atoms with E-state index in [4.69, 9.17) is 0 Å². The molecule has 1 aliphatic heterocycles. The van der Waals surface area contributed by atoms with Crippen LogP contribution < -0.4 is 0 Å². The summed E-state index contributed by atoms with van der Waals surface area (Å²) in [7, 11) is 0.